The summed E-state index contributed by atoms with van der Waals surface area (Å²) < 4.78 is 27.2. The highest BCUT2D eigenvalue weighted by molar-refractivity contribution is 5.75. The molecule has 0 aliphatic heterocycles. The van der Waals surface area contributed by atoms with E-state index in [-0.39, 0.29) is 19.0 Å². The maximum absolute atomic E-state index is 12.9. The van der Waals surface area contributed by atoms with Gasteiger partial charge in [0.15, 0.2) is 11.6 Å². The number of halogens is 2. The number of nitrogens with zero attached hydrogens (tertiary/aromatic N) is 2. The summed E-state index contributed by atoms with van der Waals surface area (Å²) in [4.78, 5) is 15.3. The Hall–Kier alpha value is -2.24. The van der Waals surface area contributed by atoms with Gasteiger partial charge in [0, 0.05) is 18.9 Å². The molecule has 0 aliphatic carbocycles. The predicted octanol–water partition coefficient (Wildman–Crippen LogP) is 1.48. The number of amides is 1. The fraction of sp³-hybridized carbons (Fsp3) is 0.167. The van der Waals surface area contributed by atoms with E-state index < -0.39 is 11.6 Å². The van der Waals surface area contributed by atoms with E-state index in [2.05, 4.69) is 10.3 Å². The Morgan fingerprint density at radius 1 is 1.33 bits per heavy atom. The van der Waals surface area contributed by atoms with Gasteiger partial charge < -0.3 is 9.88 Å². The fourth-order valence-corrected chi connectivity index (χ4v) is 1.45. The van der Waals surface area contributed by atoms with Crippen molar-refractivity contribution in [3.63, 3.8) is 0 Å². The second kappa shape index (κ2) is 5.39. The first kappa shape index (κ1) is 12.2. The first-order valence-electron chi connectivity index (χ1n) is 5.31. The van der Waals surface area contributed by atoms with Gasteiger partial charge in [-0.25, -0.2) is 13.8 Å². The molecular weight excluding hydrogens is 240 g/mol. The van der Waals surface area contributed by atoms with E-state index in [0.717, 1.165) is 12.1 Å². The van der Waals surface area contributed by atoms with Crippen molar-refractivity contribution in [3.8, 4) is 0 Å². The summed E-state index contributed by atoms with van der Waals surface area (Å²) in [5, 5.41) is 2.61. The molecule has 0 radical (unpaired) electrons. The summed E-state index contributed by atoms with van der Waals surface area (Å²) in [7, 11) is 0. The van der Waals surface area contributed by atoms with E-state index in [0.29, 0.717) is 5.56 Å². The van der Waals surface area contributed by atoms with Gasteiger partial charge in [0.1, 0.15) is 6.54 Å². The molecule has 0 spiro atoms. The summed E-state index contributed by atoms with van der Waals surface area (Å²) in [5.74, 6) is -2.04. The van der Waals surface area contributed by atoms with Gasteiger partial charge in [-0.15, -0.1) is 0 Å². The van der Waals surface area contributed by atoms with Gasteiger partial charge in [0.2, 0.25) is 5.91 Å². The third-order valence-corrected chi connectivity index (χ3v) is 2.36. The molecule has 0 saturated carbocycles. The van der Waals surface area contributed by atoms with E-state index in [1.165, 1.54) is 12.4 Å². The molecule has 1 aromatic carbocycles. The number of carbonyl (C=O) groups excluding carboxylic acids is 1. The second-order valence-corrected chi connectivity index (χ2v) is 3.76. The van der Waals surface area contributed by atoms with Crippen molar-refractivity contribution in [2.24, 2.45) is 0 Å². The van der Waals surface area contributed by atoms with Gasteiger partial charge in [-0.1, -0.05) is 6.07 Å². The van der Waals surface area contributed by atoms with Crippen molar-refractivity contribution < 1.29 is 13.6 Å². The standard InChI is InChI=1S/C12H11F2N3O/c13-10-2-1-9(5-11(10)14)6-16-12(18)7-17-4-3-15-8-17/h1-5,8H,6-7H2,(H,16,18). The number of imidazole rings is 1. The molecule has 0 aliphatic rings. The molecule has 1 amide bonds. The molecule has 4 nitrogen and oxygen atoms in total. The zero-order valence-electron chi connectivity index (χ0n) is 9.44. The van der Waals surface area contributed by atoms with Crippen LogP contribution in [-0.2, 0) is 17.9 Å². The average molecular weight is 251 g/mol. The minimum atomic E-state index is -0.920. The highest BCUT2D eigenvalue weighted by Gasteiger charge is 2.05. The Morgan fingerprint density at radius 3 is 2.83 bits per heavy atom. The first-order valence-corrected chi connectivity index (χ1v) is 5.31. The zero-order valence-corrected chi connectivity index (χ0v) is 9.44. The molecule has 1 N–H and O–H groups in total. The Kier molecular flexibility index (Phi) is 3.66. The van der Waals surface area contributed by atoms with Gasteiger partial charge in [0.25, 0.3) is 0 Å². The lowest BCUT2D eigenvalue weighted by Crippen LogP contribution is -2.26. The second-order valence-electron chi connectivity index (χ2n) is 3.76. The van der Waals surface area contributed by atoms with Crippen LogP contribution < -0.4 is 5.32 Å². The third-order valence-electron chi connectivity index (χ3n) is 2.36. The van der Waals surface area contributed by atoms with Crippen molar-refractivity contribution >= 4 is 5.91 Å². The number of nitrogens with one attached hydrogen (secondary N) is 1. The normalized spacial score (nSPS) is 10.3. The SMILES string of the molecule is O=C(Cn1ccnc1)NCc1ccc(F)c(F)c1. The van der Waals surface area contributed by atoms with Crippen LogP contribution in [-0.4, -0.2) is 15.5 Å². The van der Waals surface area contributed by atoms with Crippen LogP contribution in [0.4, 0.5) is 8.78 Å². The van der Waals surface area contributed by atoms with Gasteiger partial charge in [0.05, 0.1) is 6.33 Å². The molecule has 0 fully saturated rings. The van der Waals surface area contributed by atoms with Crippen LogP contribution in [0.25, 0.3) is 0 Å². The minimum absolute atomic E-state index is 0.143. The van der Waals surface area contributed by atoms with Gasteiger partial charge in [-0.05, 0) is 17.7 Å². The van der Waals surface area contributed by atoms with Crippen LogP contribution in [0.3, 0.4) is 0 Å². The van der Waals surface area contributed by atoms with Gasteiger partial charge in [-0.3, -0.25) is 4.79 Å². The number of carbonyl (C=O) groups is 1. The fourth-order valence-electron chi connectivity index (χ4n) is 1.45. The molecule has 0 unspecified atom stereocenters. The maximum Gasteiger partial charge on any atom is 0.240 e. The summed E-state index contributed by atoms with van der Waals surface area (Å²) in [6.45, 7) is 0.300. The topological polar surface area (TPSA) is 46.9 Å². The molecule has 94 valence electrons. The maximum atomic E-state index is 12.9. The van der Waals surface area contributed by atoms with E-state index in [4.69, 9.17) is 0 Å². The highest BCUT2D eigenvalue weighted by atomic mass is 19.2. The summed E-state index contributed by atoms with van der Waals surface area (Å²) >= 11 is 0. The van der Waals surface area contributed by atoms with E-state index in [1.54, 1.807) is 17.0 Å². The molecule has 2 aromatic rings. The van der Waals surface area contributed by atoms with E-state index >= 15 is 0 Å². The lowest BCUT2D eigenvalue weighted by Gasteiger charge is -2.06. The quantitative estimate of drug-likeness (QED) is 0.894. The monoisotopic (exact) mass is 251 g/mol. The number of hydrogen-bond donors (Lipinski definition) is 1. The number of hydrogen-bond acceptors (Lipinski definition) is 2. The lowest BCUT2D eigenvalue weighted by molar-refractivity contribution is -0.121. The largest absolute Gasteiger partial charge is 0.350 e. The summed E-state index contributed by atoms with van der Waals surface area (Å²) in [6, 6.07) is 3.52. The van der Waals surface area contributed by atoms with Crippen molar-refractivity contribution in [3.05, 3.63) is 54.1 Å². The molecule has 0 bridgehead atoms. The molecule has 2 rings (SSSR count). The average Bonchev–Trinajstić information content (AvgIpc) is 2.83. The Morgan fingerprint density at radius 2 is 2.17 bits per heavy atom. The molecule has 0 saturated heterocycles. The number of rotatable bonds is 4. The number of aromatic nitrogens is 2. The van der Waals surface area contributed by atoms with Crippen LogP contribution >= 0.6 is 0 Å². The van der Waals surface area contributed by atoms with Crippen molar-refractivity contribution in [2.45, 2.75) is 13.1 Å². The van der Waals surface area contributed by atoms with Crippen LogP contribution in [0.2, 0.25) is 0 Å². The zero-order chi connectivity index (χ0) is 13.0. The van der Waals surface area contributed by atoms with Crippen LogP contribution in [0.1, 0.15) is 5.56 Å². The molecular formula is C12H11F2N3O. The van der Waals surface area contributed by atoms with Gasteiger partial charge in [-0.2, -0.15) is 0 Å². The van der Waals surface area contributed by atoms with Crippen LogP contribution in [0, 0.1) is 11.6 Å². The van der Waals surface area contributed by atoms with Crippen molar-refractivity contribution in [1.82, 2.24) is 14.9 Å². The summed E-state index contributed by atoms with van der Waals surface area (Å²) in [5.41, 5.74) is 0.507. The molecule has 0 atom stereocenters. The predicted molar refractivity (Wildman–Crippen MR) is 60.4 cm³/mol. The van der Waals surface area contributed by atoms with E-state index in [9.17, 15) is 13.6 Å². The Labute approximate surface area is 102 Å². The molecule has 1 aromatic heterocycles. The summed E-state index contributed by atoms with van der Waals surface area (Å²) in [6.07, 6.45) is 4.76. The van der Waals surface area contributed by atoms with Crippen LogP contribution in [0.5, 0.6) is 0 Å². The molecule has 18 heavy (non-hydrogen) atoms. The van der Waals surface area contributed by atoms with Crippen molar-refractivity contribution in [1.29, 1.82) is 0 Å². The third kappa shape index (κ3) is 3.13. The van der Waals surface area contributed by atoms with E-state index in [1.807, 2.05) is 0 Å². The molecule has 1 heterocycles. The van der Waals surface area contributed by atoms with Gasteiger partial charge >= 0.3 is 0 Å². The number of benzene rings is 1. The van der Waals surface area contributed by atoms with Crippen molar-refractivity contribution in [2.75, 3.05) is 0 Å². The Bertz CT molecular complexity index is 540. The highest BCUT2D eigenvalue weighted by Crippen LogP contribution is 2.08. The molecule has 6 heteroatoms. The smallest absolute Gasteiger partial charge is 0.240 e. The van der Waals surface area contributed by atoms with Crippen LogP contribution in [0.15, 0.2) is 36.9 Å². The first-order chi connectivity index (χ1) is 8.65. The minimum Gasteiger partial charge on any atom is -0.350 e. The Balaban J connectivity index is 1.87. The lowest BCUT2D eigenvalue weighted by atomic mass is 10.2.